The van der Waals surface area contributed by atoms with Crippen LogP contribution in [0.1, 0.15) is 25.7 Å². The van der Waals surface area contributed by atoms with Crippen LogP contribution < -0.4 is 10.1 Å². The maximum Gasteiger partial charge on any atom is 0.333 e. The molecule has 1 aromatic rings. The van der Waals surface area contributed by atoms with Crippen LogP contribution in [0.25, 0.3) is 0 Å². The van der Waals surface area contributed by atoms with E-state index in [0.717, 1.165) is 25.7 Å². The largest absolute Gasteiger partial charge is 0.483 e. The van der Waals surface area contributed by atoms with Crippen LogP contribution in [0.5, 0.6) is 5.75 Å². The van der Waals surface area contributed by atoms with E-state index in [0.29, 0.717) is 11.4 Å². The molecular weight excluding hydrogens is 260 g/mol. The molecule has 2 atom stereocenters. The van der Waals surface area contributed by atoms with Crippen molar-refractivity contribution in [2.75, 3.05) is 19.5 Å². The summed E-state index contributed by atoms with van der Waals surface area (Å²) >= 11 is 0. The molecule has 1 saturated carbocycles. The summed E-state index contributed by atoms with van der Waals surface area (Å²) in [5.41, 5.74) is 0.459. The lowest BCUT2D eigenvalue weighted by molar-refractivity contribution is -0.385. The van der Waals surface area contributed by atoms with E-state index in [-0.39, 0.29) is 17.9 Å². The van der Waals surface area contributed by atoms with Gasteiger partial charge in [-0.1, -0.05) is 6.07 Å². The van der Waals surface area contributed by atoms with Gasteiger partial charge < -0.3 is 14.8 Å². The third kappa shape index (κ3) is 3.19. The fraction of sp³-hybridized carbons (Fsp3) is 0.571. The number of hydrogen-bond acceptors (Lipinski definition) is 5. The van der Waals surface area contributed by atoms with E-state index in [1.807, 2.05) is 0 Å². The molecule has 0 spiro atoms. The molecule has 20 heavy (non-hydrogen) atoms. The van der Waals surface area contributed by atoms with Crippen LogP contribution in [-0.4, -0.2) is 31.3 Å². The van der Waals surface area contributed by atoms with E-state index in [1.54, 1.807) is 32.4 Å². The molecule has 1 aromatic carbocycles. The molecule has 6 nitrogen and oxygen atoms in total. The van der Waals surface area contributed by atoms with Gasteiger partial charge in [-0.2, -0.15) is 0 Å². The second-order valence-electron chi connectivity index (χ2n) is 4.92. The molecule has 0 heterocycles. The predicted octanol–water partition coefficient (Wildman–Crippen LogP) is 2.97. The Bertz CT molecular complexity index is 478. The number of rotatable bonds is 5. The lowest BCUT2D eigenvalue weighted by Crippen LogP contribution is -2.29. The van der Waals surface area contributed by atoms with Crippen LogP contribution in [0.4, 0.5) is 11.4 Å². The summed E-state index contributed by atoms with van der Waals surface area (Å²) in [5.74, 6) is 0.323. The minimum atomic E-state index is -0.405. The third-order valence-corrected chi connectivity index (χ3v) is 3.66. The normalized spacial score (nSPS) is 22.3. The monoisotopic (exact) mass is 280 g/mol. The summed E-state index contributed by atoms with van der Waals surface area (Å²) in [6, 6.07) is 5.07. The van der Waals surface area contributed by atoms with Gasteiger partial charge in [-0.05, 0) is 31.4 Å². The van der Waals surface area contributed by atoms with Crippen molar-refractivity contribution in [2.45, 2.75) is 37.9 Å². The second-order valence-corrected chi connectivity index (χ2v) is 4.92. The smallest absolute Gasteiger partial charge is 0.333 e. The Hall–Kier alpha value is -1.82. The van der Waals surface area contributed by atoms with Gasteiger partial charge in [-0.25, -0.2) is 0 Å². The van der Waals surface area contributed by atoms with Crippen LogP contribution in [0.3, 0.4) is 0 Å². The minimum absolute atomic E-state index is 0.00506. The van der Waals surface area contributed by atoms with Gasteiger partial charge >= 0.3 is 5.69 Å². The molecule has 0 bridgehead atoms. The van der Waals surface area contributed by atoms with Crippen molar-refractivity contribution in [1.82, 2.24) is 0 Å². The summed E-state index contributed by atoms with van der Waals surface area (Å²) in [6.07, 6.45) is 3.87. The zero-order valence-corrected chi connectivity index (χ0v) is 11.8. The van der Waals surface area contributed by atoms with Crippen molar-refractivity contribution in [3.63, 3.8) is 0 Å². The summed E-state index contributed by atoms with van der Waals surface area (Å²) < 4.78 is 11.2. The van der Waals surface area contributed by atoms with Crippen LogP contribution in [0.2, 0.25) is 0 Å². The topological polar surface area (TPSA) is 73.6 Å². The van der Waals surface area contributed by atoms with E-state index in [4.69, 9.17) is 9.47 Å². The molecule has 1 fully saturated rings. The highest BCUT2D eigenvalue weighted by atomic mass is 16.6. The van der Waals surface area contributed by atoms with Crippen molar-refractivity contribution in [3.8, 4) is 5.75 Å². The van der Waals surface area contributed by atoms with E-state index in [2.05, 4.69) is 5.32 Å². The van der Waals surface area contributed by atoms with E-state index in [1.165, 1.54) is 0 Å². The number of ether oxygens (including phenoxy) is 2. The van der Waals surface area contributed by atoms with Gasteiger partial charge in [0.2, 0.25) is 0 Å². The Labute approximate surface area is 118 Å². The van der Waals surface area contributed by atoms with Crippen LogP contribution in [0, 0.1) is 10.1 Å². The Balaban J connectivity index is 2.18. The molecule has 0 radical (unpaired) electrons. The van der Waals surface area contributed by atoms with Gasteiger partial charge in [0.15, 0.2) is 5.75 Å². The SMILES string of the molecule is CNc1cccc(OC2CCCC(OC)C2)c1[N+](=O)[O-]. The number of nitro benzene ring substituents is 1. The first-order chi connectivity index (χ1) is 9.65. The van der Waals surface area contributed by atoms with Gasteiger partial charge in [0.25, 0.3) is 0 Å². The van der Waals surface area contributed by atoms with Crippen LogP contribution >= 0.6 is 0 Å². The number of para-hydroxylation sites is 1. The molecule has 110 valence electrons. The first kappa shape index (κ1) is 14.6. The molecule has 1 aliphatic carbocycles. The molecule has 2 unspecified atom stereocenters. The van der Waals surface area contributed by atoms with Crippen molar-refractivity contribution in [3.05, 3.63) is 28.3 Å². The fourth-order valence-electron chi connectivity index (χ4n) is 2.61. The van der Waals surface area contributed by atoms with Crippen molar-refractivity contribution in [1.29, 1.82) is 0 Å². The number of anilines is 1. The van der Waals surface area contributed by atoms with Crippen molar-refractivity contribution >= 4 is 11.4 Å². The Morgan fingerprint density at radius 3 is 2.75 bits per heavy atom. The highest BCUT2D eigenvalue weighted by Gasteiger charge is 2.27. The summed E-state index contributed by atoms with van der Waals surface area (Å²) in [5, 5.41) is 14.1. The van der Waals surface area contributed by atoms with E-state index < -0.39 is 4.92 Å². The van der Waals surface area contributed by atoms with Gasteiger partial charge in [0.05, 0.1) is 11.0 Å². The number of nitrogens with one attached hydrogen (secondary N) is 1. The standard InChI is InChI=1S/C14H20N2O4/c1-15-12-7-4-8-13(14(12)16(17)18)20-11-6-3-5-10(9-11)19-2/h4,7-8,10-11,15H,3,5-6,9H2,1-2H3. The zero-order chi connectivity index (χ0) is 14.5. The molecular formula is C14H20N2O4. The van der Waals surface area contributed by atoms with Gasteiger partial charge in [0.1, 0.15) is 11.8 Å². The number of nitro groups is 1. The average molecular weight is 280 g/mol. The second kappa shape index (κ2) is 6.56. The van der Waals surface area contributed by atoms with Crippen molar-refractivity contribution < 1.29 is 14.4 Å². The van der Waals surface area contributed by atoms with Gasteiger partial charge in [0, 0.05) is 20.6 Å². The lowest BCUT2D eigenvalue weighted by Gasteiger charge is -2.28. The maximum atomic E-state index is 11.2. The highest BCUT2D eigenvalue weighted by molar-refractivity contribution is 5.68. The number of benzene rings is 1. The summed E-state index contributed by atoms with van der Waals surface area (Å²) in [4.78, 5) is 10.8. The van der Waals surface area contributed by atoms with Crippen LogP contribution in [-0.2, 0) is 4.74 Å². The Kier molecular flexibility index (Phi) is 4.79. The number of nitrogens with zero attached hydrogens (tertiary/aromatic N) is 1. The molecule has 6 heteroatoms. The predicted molar refractivity (Wildman–Crippen MR) is 76.3 cm³/mol. The number of methoxy groups -OCH3 is 1. The zero-order valence-electron chi connectivity index (χ0n) is 11.8. The van der Waals surface area contributed by atoms with Gasteiger partial charge in [-0.15, -0.1) is 0 Å². The molecule has 0 aromatic heterocycles. The van der Waals surface area contributed by atoms with E-state index >= 15 is 0 Å². The first-order valence-electron chi connectivity index (χ1n) is 6.80. The number of hydrogen-bond donors (Lipinski definition) is 1. The Morgan fingerprint density at radius 2 is 2.10 bits per heavy atom. The van der Waals surface area contributed by atoms with E-state index in [9.17, 15) is 10.1 Å². The molecule has 0 amide bonds. The first-order valence-corrected chi connectivity index (χ1v) is 6.80. The Morgan fingerprint density at radius 1 is 1.35 bits per heavy atom. The maximum absolute atomic E-state index is 11.2. The lowest BCUT2D eigenvalue weighted by atomic mass is 9.95. The molecule has 0 saturated heterocycles. The highest BCUT2D eigenvalue weighted by Crippen LogP contribution is 2.36. The van der Waals surface area contributed by atoms with Crippen molar-refractivity contribution in [2.24, 2.45) is 0 Å². The molecule has 1 N–H and O–H groups in total. The molecule has 1 aliphatic rings. The third-order valence-electron chi connectivity index (χ3n) is 3.66. The van der Waals surface area contributed by atoms with Crippen LogP contribution in [0.15, 0.2) is 18.2 Å². The molecule has 2 rings (SSSR count). The average Bonchev–Trinajstić information content (AvgIpc) is 2.46. The van der Waals surface area contributed by atoms with Gasteiger partial charge in [-0.3, -0.25) is 10.1 Å². The minimum Gasteiger partial charge on any atom is -0.483 e. The fourth-order valence-corrected chi connectivity index (χ4v) is 2.61. The quantitative estimate of drug-likeness (QED) is 0.663. The summed E-state index contributed by atoms with van der Waals surface area (Å²) in [7, 11) is 3.35. The molecule has 0 aliphatic heterocycles. The summed E-state index contributed by atoms with van der Waals surface area (Å²) in [6.45, 7) is 0.